The SMILES string of the molecule is O=C(CCNc1cccc(Cl)c1Cl)NCCc1ccccc1F. The highest BCUT2D eigenvalue weighted by Gasteiger charge is 2.06. The molecule has 0 aromatic heterocycles. The first-order valence-electron chi connectivity index (χ1n) is 7.26. The molecule has 3 nitrogen and oxygen atoms in total. The molecule has 0 aliphatic rings. The number of anilines is 1. The lowest BCUT2D eigenvalue weighted by Crippen LogP contribution is -2.27. The van der Waals surface area contributed by atoms with Gasteiger partial charge in [0.25, 0.3) is 0 Å². The number of hydrogen-bond donors (Lipinski definition) is 2. The van der Waals surface area contributed by atoms with Crippen LogP contribution in [0.25, 0.3) is 0 Å². The predicted molar refractivity (Wildman–Crippen MR) is 92.7 cm³/mol. The first-order chi connectivity index (χ1) is 11.1. The largest absolute Gasteiger partial charge is 0.383 e. The number of nitrogens with one attached hydrogen (secondary N) is 2. The summed E-state index contributed by atoms with van der Waals surface area (Å²) in [5.74, 6) is -0.356. The predicted octanol–water partition coefficient (Wildman–Crippen LogP) is 4.29. The Kier molecular flexibility index (Phi) is 6.68. The van der Waals surface area contributed by atoms with E-state index in [2.05, 4.69) is 10.6 Å². The van der Waals surface area contributed by atoms with Gasteiger partial charge in [-0.1, -0.05) is 47.5 Å². The molecular formula is C17H17Cl2FN2O. The van der Waals surface area contributed by atoms with Crippen LogP contribution in [0.3, 0.4) is 0 Å². The fourth-order valence-corrected chi connectivity index (χ4v) is 2.44. The molecule has 0 saturated carbocycles. The Morgan fingerprint density at radius 3 is 2.61 bits per heavy atom. The number of carbonyl (C=O) groups excluding carboxylic acids is 1. The van der Waals surface area contributed by atoms with Gasteiger partial charge >= 0.3 is 0 Å². The van der Waals surface area contributed by atoms with E-state index in [-0.39, 0.29) is 11.7 Å². The summed E-state index contributed by atoms with van der Waals surface area (Å²) in [4.78, 5) is 11.8. The minimum Gasteiger partial charge on any atom is -0.383 e. The maximum Gasteiger partial charge on any atom is 0.221 e. The summed E-state index contributed by atoms with van der Waals surface area (Å²) in [6.45, 7) is 0.837. The minimum atomic E-state index is -0.251. The van der Waals surface area contributed by atoms with Crippen LogP contribution in [-0.4, -0.2) is 19.0 Å². The van der Waals surface area contributed by atoms with Crippen LogP contribution in [0.1, 0.15) is 12.0 Å². The molecule has 0 radical (unpaired) electrons. The van der Waals surface area contributed by atoms with Gasteiger partial charge in [-0.2, -0.15) is 0 Å². The maximum absolute atomic E-state index is 13.4. The van der Waals surface area contributed by atoms with E-state index in [9.17, 15) is 9.18 Å². The molecule has 2 rings (SSSR count). The molecule has 0 fully saturated rings. The van der Waals surface area contributed by atoms with Crippen molar-refractivity contribution in [2.24, 2.45) is 0 Å². The van der Waals surface area contributed by atoms with Crippen molar-refractivity contribution in [3.05, 3.63) is 63.9 Å². The van der Waals surface area contributed by atoms with Crippen LogP contribution >= 0.6 is 23.2 Å². The Bertz CT molecular complexity index is 679. The second-order valence-electron chi connectivity index (χ2n) is 4.97. The number of halogens is 3. The molecule has 0 aliphatic heterocycles. The van der Waals surface area contributed by atoms with Gasteiger partial charge < -0.3 is 10.6 Å². The van der Waals surface area contributed by atoms with Crippen LogP contribution in [0.15, 0.2) is 42.5 Å². The van der Waals surface area contributed by atoms with Gasteiger partial charge in [-0.25, -0.2) is 4.39 Å². The zero-order valence-electron chi connectivity index (χ0n) is 12.4. The van der Waals surface area contributed by atoms with E-state index in [0.29, 0.717) is 47.2 Å². The van der Waals surface area contributed by atoms with Crippen LogP contribution in [-0.2, 0) is 11.2 Å². The molecule has 0 bridgehead atoms. The van der Waals surface area contributed by atoms with Crippen molar-refractivity contribution in [2.75, 3.05) is 18.4 Å². The topological polar surface area (TPSA) is 41.1 Å². The normalized spacial score (nSPS) is 10.4. The summed E-state index contributed by atoms with van der Waals surface area (Å²) in [6.07, 6.45) is 0.756. The van der Waals surface area contributed by atoms with Crippen molar-refractivity contribution in [1.82, 2.24) is 5.32 Å². The van der Waals surface area contributed by atoms with Gasteiger partial charge in [0.05, 0.1) is 15.7 Å². The summed E-state index contributed by atoms with van der Waals surface area (Å²) in [6, 6.07) is 11.8. The Balaban J connectivity index is 1.69. The third-order valence-electron chi connectivity index (χ3n) is 3.29. The van der Waals surface area contributed by atoms with E-state index >= 15 is 0 Å². The van der Waals surface area contributed by atoms with Gasteiger partial charge in [0.2, 0.25) is 5.91 Å². The third-order valence-corrected chi connectivity index (χ3v) is 4.11. The zero-order valence-corrected chi connectivity index (χ0v) is 13.9. The summed E-state index contributed by atoms with van der Waals surface area (Å²) in [5, 5.41) is 6.73. The van der Waals surface area contributed by atoms with Crippen molar-refractivity contribution in [3.63, 3.8) is 0 Å². The van der Waals surface area contributed by atoms with Gasteiger partial charge in [-0.15, -0.1) is 0 Å². The third kappa shape index (κ3) is 5.41. The lowest BCUT2D eigenvalue weighted by molar-refractivity contribution is -0.120. The van der Waals surface area contributed by atoms with E-state index in [1.165, 1.54) is 6.07 Å². The average Bonchev–Trinajstić information content (AvgIpc) is 2.53. The quantitative estimate of drug-likeness (QED) is 0.778. The smallest absolute Gasteiger partial charge is 0.221 e. The second-order valence-corrected chi connectivity index (χ2v) is 5.75. The van der Waals surface area contributed by atoms with Gasteiger partial charge in [0, 0.05) is 19.5 Å². The standard InChI is InChI=1S/C17H17Cl2FN2O/c18-13-5-3-7-15(17(13)19)21-11-9-16(23)22-10-8-12-4-1-2-6-14(12)20/h1-7,21H,8-11H2,(H,22,23). The average molecular weight is 355 g/mol. The molecule has 23 heavy (non-hydrogen) atoms. The van der Waals surface area contributed by atoms with Crippen LogP contribution in [0.2, 0.25) is 10.0 Å². The number of amides is 1. The van der Waals surface area contributed by atoms with E-state index in [1.54, 1.807) is 36.4 Å². The van der Waals surface area contributed by atoms with Crippen molar-refractivity contribution in [3.8, 4) is 0 Å². The highest BCUT2D eigenvalue weighted by Crippen LogP contribution is 2.29. The molecule has 0 aliphatic carbocycles. The summed E-state index contributed by atoms with van der Waals surface area (Å²) in [5.41, 5.74) is 1.29. The van der Waals surface area contributed by atoms with Crippen LogP contribution in [0.4, 0.5) is 10.1 Å². The Morgan fingerprint density at radius 1 is 1.04 bits per heavy atom. The van der Waals surface area contributed by atoms with Crippen LogP contribution in [0.5, 0.6) is 0 Å². The van der Waals surface area contributed by atoms with Crippen molar-refractivity contribution >= 4 is 34.8 Å². The van der Waals surface area contributed by atoms with Gasteiger partial charge in [0.15, 0.2) is 0 Å². The molecule has 2 aromatic carbocycles. The monoisotopic (exact) mass is 354 g/mol. The minimum absolute atomic E-state index is 0.105. The summed E-state index contributed by atoms with van der Waals surface area (Å²) < 4.78 is 13.4. The molecule has 2 N–H and O–H groups in total. The number of rotatable bonds is 7. The molecule has 0 atom stereocenters. The van der Waals surface area contributed by atoms with Gasteiger partial charge in [-0.3, -0.25) is 4.79 Å². The molecule has 6 heteroatoms. The first-order valence-corrected chi connectivity index (χ1v) is 8.01. The molecule has 122 valence electrons. The van der Waals surface area contributed by atoms with Crippen LogP contribution < -0.4 is 10.6 Å². The van der Waals surface area contributed by atoms with Crippen LogP contribution in [0, 0.1) is 5.82 Å². The first kappa shape index (κ1) is 17.6. The molecule has 0 spiro atoms. The van der Waals surface area contributed by atoms with Gasteiger partial charge in [0.1, 0.15) is 5.82 Å². The van der Waals surface area contributed by atoms with E-state index < -0.39 is 0 Å². The Morgan fingerprint density at radius 2 is 1.83 bits per heavy atom. The van der Waals surface area contributed by atoms with E-state index in [1.807, 2.05) is 0 Å². The number of hydrogen-bond acceptors (Lipinski definition) is 2. The number of carbonyl (C=O) groups is 1. The molecule has 0 unspecified atom stereocenters. The lowest BCUT2D eigenvalue weighted by atomic mass is 10.1. The van der Waals surface area contributed by atoms with Crippen molar-refractivity contribution in [2.45, 2.75) is 12.8 Å². The van der Waals surface area contributed by atoms with E-state index in [0.717, 1.165) is 0 Å². The fraction of sp³-hybridized carbons (Fsp3) is 0.235. The molecule has 0 heterocycles. The van der Waals surface area contributed by atoms with Crippen molar-refractivity contribution in [1.29, 1.82) is 0 Å². The summed E-state index contributed by atoms with van der Waals surface area (Å²) in [7, 11) is 0. The molecule has 2 aromatic rings. The maximum atomic E-state index is 13.4. The van der Waals surface area contributed by atoms with E-state index in [4.69, 9.17) is 23.2 Å². The number of benzene rings is 2. The van der Waals surface area contributed by atoms with Crippen molar-refractivity contribution < 1.29 is 9.18 Å². The van der Waals surface area contributed by atoms with Gasteiger partial charge in [-0.05, 0) is 30.2 Å². The highest BCUT2D eigenvalue weighted by molar-refractivity contribution is 6.43. The molecular weight excluding hydrogens is 338 g/mol. The Hall–Kier alpha value is -1.78. The second kappa shape index (κ2) is 8.75. The zero-order chi connectivity index (χ0) is 16.7. The summed E-state index contributed by atoms with van der Waals surface area (Å²) >= 11 is 12.0. The fourth-order valence-electron chi connectivity index (χ4n) is 2.08. The Labute approximate surface area is 144 Å². The lowest BCUT2D eigenvalue weighted by Gasteiger charge is -2.10. The molecule has 1 amide bonds. The highest BCUT2D eigenvalue weighted by atomic mass is 35.5. The molecule has 0 saturated heterocycles.